The molecule has 0 unspecified atom stereocenters. The Labute approximate surface area is 104 Å². The second kappa shape index (κ2) is 5.33. The van der Waals surface area contributed by atoms with Crippen LogP contribution < -0.4 is 4.74 Å². The highest BCUT2D eigenvalue weighted by atomic mass is 16.5. The molecule has 92 valence electrons. The van der Waals surface area contributed by atoms with Gasteiger partial charge in [-0.3, -0.25) is 0 Å². The zero-order valence-corrected chi connectivity index (χ0v) is 9.48. The first kappa shape index (κ1) is 12.1. The van der Waals surface area contributed by atoms with Crippen molar-refractivity contribution in [2.45, 2.75) is 6.10 Å². The van der Waals surface area contributed by atoms with Crippen LogP contribution in [0.1, 0.15) is 11.7 Å². The van der Waals surface area contributed by atoms with Gasteiger partial charge in [0.2, 0.25) is 0 Å². The van der Waals surface area contributed by atoms with Crippen LogP contribution in [0.3, 0.4) is 0 Å². The van der Waals surface area contributed by atoms with E-state index in [4.69, 9.17) is 9.84 Å². The van der Waals surface area contributed by atoms with Gasteiger partial charge in [0.1, 0.15) is 11.5 Å². The monoisotopic (exact) mass is 244 g/mol. The summed E-state index contributed by atoms with van der Waals surface area (Å²) in [6.45, 7) is 0. The molecule has 0 saturated heterocycles. The third-order valence-electron chi connectivity index (χ3n) is 2.42. The van der Waals surface area contributed by atoms with Crippen LogP contribution in [-0.4, -0.2) is 16.2 Å². The van der Waals surface area contributed by atoms with E-state index in [9.17, 15) is 9.90 Å². The Morgan fingerprint density at radius 3 is 2.28 bits per heavy atom. The molecule has 0 saturated carbocycles. The number of rotatable bonds is 4. The van der Waals surface area contributed by atoms with Gasteiger partial charge in [-0.2, -0.15) is 0 Å². The Hall–Kier alpha value is -2.33. The maximum Gasteiger partial charge on any atom is 0.337 e. The summed E-state index contributed by atoms with van der Waals surface area (Å²) < 4.78 is 5.56. The van der Waals surface area contributed by atoms with Gasteiger partial charge < -0.3 is 14.9 Å². The first-order chi connectivity index (χ1) is 8.68. The number of carboxylic acid groups (broad SMARTS) is 1. The van der Waals surface area contributed by atoms with Crippen molar-refractivity contribution < 1.29 is 19.7 Å². The first-order valence-corrected chi connectivity index (χ1v) is 5.41. The quantitative estimate of drug-likeness (QED) is 0.867. The molecule has 2 N–H and O–H groups in total. The van der Waals surface area contributed by atoms with E-state index in [0.29, 0.717) is 11.5 Å². The highest BCUT2D eigenvalue weighted by Gasteiger charge is 2.20. The normalized spacial score (nSPS) is 11.8. The van der Waals surface area contributed by atoms with Crippen LogP contribution in [0.5, 0.6) is 11.5 Å². The van der Waals surface area contributed by atoms with E-state index in [1.807, 2.05) is 18.2 Å². The van der Waals surface area contributed by atoms with Crippen molar-refractivity contribution in [1.29, 1.82) is 0 Å². The molecule has 4 nitrogen and oxygen atoms in total. The molecule has 0 radical (unpaired) electrons. The minimum Gasteiger partial charge on any atom is -0.479 e. The fourth-order valence-corrected chi connectivity index (χ4v) is 1.55. The number of benzene rings is 2. The van der Waals surface area contributed by atoms with Crippen LogP contribution in [0.15, 0.2) is 54.6 Å². The summed E-state index contributed by atoms with van der Waals surface area (Å²) in [7, 11) is 0. The number of ether oxygens (including phenoxy) is 1. The van der Waals surface area contributed by atoms with Crippen LogP contribution in [0, 0.1) is 0 Å². The predicted octanol–water partition coefficient (Wildman–Crippen LogP) is 2.60. The number of para-hydroxylation sites is 2. The summed E-state index contributed by atoms with van der Waals surface area (Å²) in [6, 6.07) is 15.5. The first-order valence-electron chi connectivity index (χ1n) is 5.41. The molecule has 0 aromatic heterocycles. The van der Waals surface area contributed by atoms with Crippen molar-refractivity contribution in [3.8, 4) is 11.5 Å². The third kappa shape index (κ3) is 2.67. The molecule has 0 fully saturated rings. The van der Waals surface area contributed by atoms with Gasteiger partial charge in [-0.05, 0) is 18.2 Å². The van der Waals surface area contributed by atoms with Gasteiger partial charge in [0.05, 0.1) is 0 Å². The fourth-order valence-electron chi connectivity index (χ4n) is 1.55. The summed E-state index contributed by atoms with van der Waals surface area (Å²) in [5.74, 6) is -0.389. The second-order valence-electron chi connectivity index (χ2n) is 3.69. The maximum atomic E-state index is 10.8. The molecule has 0 bridgehead atoms. The Morgan fingerprint density at radius 2 is 1.61 bits per heavy atom. The molecule has 0 aliphatic rings. The van der Waals surface area contributed by atoms with Crippen molar-refractivity contribution in [2.75, 3.05) is 0 Å². The van der Waals surface area contributed by atoms with Crippen LogP contribution >= 0.6 is 0 Å². The molecule has 2 rings (SSSR count). The molecule has 2 aromatic rings. The maximum absolute atomic E-state index is 10.8. The molecule has 18 heavy (non-hydrogen) atoms. The van der Waals surface area contributed by atoms with Crippen molar-refractivity contribution >= 4 is 5.97 Å². The molecule has 0 aliphatic heterocycles. The van der Waals surface area contributed by atoms with Gasteiger partial charge in [-0.1, -0.05) is 36.4 Å². The lowest BCUT2D eigenvalue weighted by atomic mass is 10.1. The summed E-state index contributed by atoms with van der Waals surface area (Å²) in [6.07, 6.45) is -1.59. The van der Waals surface area contributed by atoms with E-state index in [1.54, 1.807) is 30.3 Å². The summed E-state index contributed by atoms with van der Waals surface area (Å²) in [5, 5.41) is 18.4. The Kier molecular flexibility index (Phi) is 3.60. The minimum atomic E-state index is -1.59. The fraction of sp³-hybridized carbons (Fsp3) is 0.0714. The van der Waals surface area contributed by atoms with E-state index in [2.05, 4.69) is 0 Å². The lowest BCUT2D eigenvalue weighted by Crippen LogP contribution is -2.11. The smallest absolute Gasteiger partial charge is 0.337 e. The second-order valence-corrected chi connectivity index (χ2v) is 3.69. The molecular formula is C14H12O4. The van der Waals surface area contributed by atoms with Crippen LogP contribution in [-0.2, 0) is 4.79 Å². The summed E-state index contributed by atoms with van der Waals surface area (Å²) in [4.78, 5) is 10.8. The van der Waals surface area contributed by atoms with Crippen molar-refractivity contribution in [1.82, 2.24) is 0 Å². The van der Waals surface area contributed by atoms with E-state index in [0.717, 1.165) is 0 Å². The van der Waals surface area contributed by atoms with Gasteiger partial charge in [0, 0.05) is 5.56 Å². The largest absolute Gasteiger partial charge is 0.479 e. The molecule has 0 heterocycles. The SMILES string of the molecule is O=C(O)[C@@H](O)c1ccccc1Oc1ccccc1. The number of carboxylic acids is 1. The van der Waals surface area contributed by atoms with Crippen LogP contribution in [0.25, 0.3) is 0 Å². The minimum absolute atomic E-state index is 0.230. The van der Waals surface area contributed by atoms with Crippen molar-refractivity contribution in [3.05, 3.63) is 60.2 Å². The third-order valence-corrected chi connectivity index (χ3v) is 2.42. The average molecular weight is 244 g/mol. The van der Waals surface area contributed by atoms with E-state index < -0.39 is 12.1 Å². The zero-order chi connectivity index (χ0) is 13.0. The lowest BCUT2D eigenvalue weighted by Gasteiger charge is -2.12. The van der Waals surface area contributed by atoms with Gasteiger partial charge in [-0.15, -0.1) is 0 Å². The number of carbonyl (C=O) groups is 1. The molecule has 0 spiro atoms. The highest BCUT2D eigenvalue weighted by Crippen LogP contribution is 2.29. The predicted molar refractivity (Wildman–Crippen MR) is 65.6 cm³/mol. The van der Waals surface area contributed by atoms with Crippen molar-refractivity contribution in [3.63, 3.8) is 0 Å². The summed E-state index contributed by atoms with van der Waals surface area (Å²) >= 11 is 0. The Bertz CT molecular complexity index is 537. The molecule has 4 heteroatoms. The van der Waals surface area contributed by atoms with Gasteiger partial charge >= 0.3 is 5.97 Å². The van der Waals surface area contributed by atoms with E-state index >= 15 is 0 Å². The molecule has 1 atom stereocenters. The van der Waals surface area contributed by atoms with Gasteiger partial charge in [-0.25, -0.2) is 4.79 Å². The van der Waals surface area contributed by atoms with E-state index in [-0.39, 0.29) is 5.56 Å². The number of hydrogen-bond acceptors (Lipinski definition) is 3. The summed E-state index contributed by atoms with van der Waals surface area (Å²) in [5.41, 5.74) is 0.230. The molecule has 2 aromatic carbocycles. The Balaban J connectivity index is 2.31. The van der Waals surface area contributed by atoms with Gasteiger partial charge in [0.15, 0.2) is 6.10 Å². The lowest BCUT2D eigenvalue weighted by molar-refractivity contribution is -0.147. The van der Waals surface area contributed by atoms with Gasteiger partial charge in [0.25, 0.3) is 0 Å². The average Bonchev–Trinajstić information content (AvgIpc) is 2.39. The van der Waals surface area contributed by atoms with Crippen molar-refractivity contribution in [2.24, 2.45) is 0 Å². The number of aliphatic hydroxyl groups is 1. The molecule has 0 aliphatic carbocycles. The Morgan fingerprint density at radius 1 is 1.00 bits per heavy atom. The molecular weight excluding hydrogens is 232 g/mol. The standard InChI is InChI=1S/C14H12O4/c15-13(14(16)17)11-8-4-5-9-12(11)18-10-6-2-1-3-7-10/h1-9,13,15H,(H,16,17)/t13-/m0/s1. The zero-order valence-electron chi connectivity index (χ0n) is 9.48. The van der Waals surface area contributed by atoms with Crippen LogP contribution in [0.4, 0.5) is 0 Å². The van der Waals surface area contributed by atoms with Crippen LogP contribution in [0.2, 0.25) is 0 Å². The number of aliphatic carboxylic acids is 1. The highest BCUT2D eigenvalue weighted by molar-refractivity contribution is 5.75. The topological polar surface area (TPSA) is 66.8 Å². The molecule has 0 amide bonds. The number of aliphatic hydroxyl groups excluding tert-OH is 1. The van der Waals surface area contributed by atoms with E-state index in [1.165, 1.54) is 6.07 Å². The number of hydrogen-bond donors (Lipinski definition) is 2.